The van der Waals surface area contributed by atoms with Crippen molar-refractivity contribution in [3.05, 3.63) is 59.3 Å². The second-order valence-corrected chi connectivity index (χ2v) is 8.56. The highest BCUT2D eigenvalue weighted by atomic mass is 32.2. The molecule has 1 aromatic carbocycles. The van der Waals surface area contributed by atoms with Crippen molar-refractivity contribution in [2.75, 3.05) is 5.75 Å². The number of hydrazine groups is 1. The summed E-state index contributed by atoms with van der Waals surface area (Å²) in [6.07, 6.45) is 1.57. The summed E-state index contributed by atoms with van der Waals surface area (Å²) in [6.45, 7) is 4.35. The maximum absolute atomic E-state index is 12.5. The summed E-state index contributed by atoms with van der Waals surface area (Å²) in [6, 6.07) is 13.2. The monoisotopic (exact) mass is 468 g/mol. The second kappa shape index (κ2) is 9.79. The van der Waals surface area contributed by atoms with Crippen molar-refractivity contribution in [3.8, 4) is 22.2 Å². The number of aryl methyl sites for hydroxylation is 1. The van der Waals surface area contributed by atoms with Crippen molar-refractivity contribution < 1.29 is 14.0 Å². The Bertz CT molecular complexity index is 1220. The highest BCUT2D eigenvalue weighted by Gasteiger charge is 2.18. The van der Waals surface area contributed by atoms with Gasteiger partial charge in [-0.15, -0.1) is 21.5 Å². The maximum atomic E-state index is 12.5. The van der Waals surface area contributed by atoms with Crippen LogP contribution in [0.1, 0.15) is 22.3 Å². The third-order valence-corrected chi connectivity index (χ3v) is 6.62. The second-order valence-electron chi connectivity index (χ2n) is 6.62. The molecule has 0 bridgehead atoms. The number of carbonyl (C=O) groups excluding carboxylic acids is 2. The molecule has 2 N–H and O–H groups in total. The van der Waals surface area contributed by atoms with E-state index in [1.807, 2.05) is 41.8 Å². The molecule has 3 heterocycles. The molecular formula is C21H20N6O3S2. The largest absolute Gasteiger partial charge is 0.461 e. The molecule has 11 heteroatoms. The van der Waals surface area contributed by atoms with Gasteiger partial charge < -0.3 is 4.42 Å². The fourth-order valence-corrected chi connectivity index (χ4v) is 4.70. The van der Waals surface area contributed by atoms with Gasteiger partial charge in [0.1, 0.15) is 9.88 Å². The minimum absolute atomic E-state index is 0.0630. The average Bonchev–Trinajstić information content (AvgIpc) is 3.55. The van der Waals surface area contributed by atoms with Gasteiger partial charge in [-0.1, -0.05) is 42.1 Å². The SMILES string of the molecule is CCn1c(SCC(=O)NNC(=O)c2sc(-c3ccccc3)nc2C)nnc1-c1ccco1. The van der Waals surface area contributed by atoms with E-state index in [1.54, 1.807) is 25.3 Å². The van der Waals surface area contributed by atoms with Crippen LogP contribution in [0.4, 0.5) is 0 Å². The zero-order chi connectivity index (χ0) is 22.5. The molecule has 0 radical (unpaired) electrons. The van der Waals surface area contributed by atoms with Gasteiger partial charge in [-0.3, -0.25) is 25.0 Å². The summed E-state index contributed by atoms with van der Waals surface area (Å²) >= 11 is 2.50. The number of carbonyl (C=O) groups is 2. The number of benzene rings is 1. The van der Waals surface area contributed by atoms with Gasteiger partial charge in [-0.25, -0.2) is 4.98 Å². The van der Waals surface area contributed by atoms with Crippen LogP contribution in [0.2, 0.25) is 0 Å². The molecule has 0 aliphatic rings. The predicted octanol–water partition coefficient (Wildman–Crippen LogP) is 3.54. The number of rotatable bonds is 7. The summed E-state index contributed by atoms with van der Waals surface area (Å²) < 4.78 is 7.25. The Morgan fingerprint density at radius 3 is 2.66 bits per heavy atom. The molecule has 0 aliphatic heterocycles. The van der Waals surface area contributed by atoms with Crippen molar-refractivity contribution in [2.24, 2.45) is 0 Å². The lowest BCUT2D eigenvalue weighted by atomic mass is 10.2. The van der Waals surface area contributed by atoms with Crippen LogP contribution in [-0.4, -0.2) is 37.3 Å². The van der Waals surface area contributed by atoms with E-state index in [9.17, 15) is 9.59 Å². The number of aromatic nitrogens is 4. The first-order valence-electron chi connectivity index (χ1n) is 9.78. The molecule has 0 fully saturated rings. The molecule has 0 spiro atoms. The summed E-state index contributed by atoms with van der Waals surface area (Å²) in [4.78, 5) is 29.7. The van der Waals surface area contributed by atoms with Crippen LogP contribution in [0, 0.1) is 6.92 Å². The van der Waals surface area contributed by atoms with E-state index in [-0.39, 0.29) is 11.7 Å². The standard InChI is InChI=1S/C21H20N6O3S2/c1-3-27-18(15-10-7-11-30-15)24-26-21(27)31-12-16(28)23-25-19(29)17-13(2)22-20(32-17)14-8-5-4-6-9-14/h4-11H,3,12H2,1-2H3,(H,23,28)(H,25,29). The van der Waals surface area contributed by atoms with Crippen molar-refractivity contribution in [1.82, 2.24) is 30.6 Å². The highest BCUT2D eigenvalue weighted by Crippen LogP contribution is 2.27. The minimum Gasteiger partial charge on any atom is -0.461 e. The van der Waals surface area contributed by atoms with Gasteiger partial charge in [0, 0.05) is 12.1 Å². The summed E-state index contributed by atoms with van der Waals surface area (Å²) in [5.74, 6) is 0.505. The van der Waals surface area contributed by atoms with Crippen molar-refractivity contribution >= 4 is 34.9 Å². The van der Waals surface area contributed by atoms with E-state index in [1.165, 1.54) is 23.1 Å². The van der Waals surface area contributed by atoms with E-state index < -0.39 is 5.91 Å². The summed E-state index contributed by atoms with van der Waals surface area (Å²) in [5.41, 5.74) is 6.45. The molecule has 32 heavy (non-hydrogen) atoms. The van der Waals surface area contributed by atoms with Crippen molar-refractivity contribution in [3.63, 3.8) is 0 Å². The van der Waals surface area contributed by atoms with E-state index in [2.05, 4.69) is 26.0 Å². The van der Waals surface area contributed by atoms with Crippen LogP contribution >= 0.6 is 23.1 Å². The van der Waals surface area contributed by atoms with Gasteiger partial charge in [0.05, 0.1) is 17.7 Å². The number of hydrogen-bond donors (Lipinski definition) is 2. The molecule has 0 atom stereocenters. The molecule has 9 nitrogen and oxygen atoms in total. The Balaban J connectivity index is 1.33. The Morgan fingerprint density at radius 2 is 1.94 bits per heavy atom. The molecule has 0 aliphatic carbocycles. The fraction of sp³-hybridized carbons (Fsp3) is 0.190. The van der Waals surface area contributed by atoms with Gasteiger partial charge in [-0.05, 0) is 26.0 Å². The van der Waals surface area contributed by atoms with E-state index >= 15 is 0 Å². The van der Waals surface area contributed by atoms with Gasteiger partial charge in [-0.2, -0.15) is 0 Å². The van der Waals surface area contributed by atoms with Crippen LogP contribution in [0.15, 0.2) is 58.3 Å². The number of nitrogens with zero attached hydrogens (tertiary/aromatic N) is 4. The molecule has 0 saturated heterocycles. The Hall–Kier alpha value is -3.44. The third kappa shape index (κ3) is 4.73. The van der Waals surface area contributed by atoms with Gasteiger partial charge >= 0.3 is 0 Å². The lowest BCUT2D eigenvalue weighted by Crippen LogP contribution is -2.42. The topological polar surface area (TPSA) is 115 Å². The lowest BCUT2D eigenvalue weighted by molar-refractivity contribution is -0.119. The predicted molar refractivity (Wildman–Crippen MR) is 122 cm³/mol. The van der Waals surface area contributed by atoms with Gasteiger partial charge in [0.25, 0.3) is 5.91 Å². The van der Waals surface area contributed by atoms with Crippen LogP contribution in [0.25, 0.3) is 22.2 Å². The summed E-state index contributed by atoms with van der Waals surface area (Å²) in [5, 5.41) is 9.63. The zero-order valence-corrected chi connectivity index (χ0v) is 19.0. The van der Waals surface area contributed by atoms with Crippen LogP contribution in [-0.2, 0) is 11.3 Å². The Kier molecular flexibility index (Phi) is 6.66. The maximum Gasteiger partial charge on any atom is 0.281 e. The fourth-order valence-electron chi connectivity index (χ4n) is 2.93. The average molecular weight is 469 g/mol. The molecule has 3 aromatic heterocycles. The highest BCUT2D eigenvalue weighted by molar-refractivity contribution is 7.99. The van der Waals surface area contributed by atoms with E-state index in [0.717, 1.165) is 10.6 Å². The first kappa shape index (κ1) is 21.8. The number of nitrogens with one attached hydrogen (secondary N) is 2. The third-order valence-electron chi connectivity index (χ3n) is 4.45. The summed E-state index contributed by atoms with van der Waals surface area (Å²) in [7, 11) is 0. The van der Waals surface area contributed by atoms with Crippen LogP contribution < -0.4 is 10.9 Å². The molecule has 0 saturated carbocycles. The number of hydrogen-bond acceptors (Lipinski definition) is 8. The molecule has 0 unspecified atom stereocenters. The number of thioether (sulfide) groups is 1. The molecule has 164 valence electrons. The molecule has 4 aromatic rings. The van der Waals surface area contributed by atoms with Crippen molar-refractivity contribution in [2.45, 2.75) is 25.5 Å². The lowest BCUT2D eigenvalue weighted by Gasteiger charge is -2.07. The van der Waals surface area contributed by atoms with Gasteiger partial charge in [0.2, 0.25) is 5.91 Å². The van der Waals surface area contributed by atoms with Crippen molar-refractivity contribution in [1.29, 1.82) is 0 Å². The molecule has 2 amide bonds. The number of amides is 2. The van der Waals surface area contributed by atoms with E-state index in [4.69, 9.17) is 4.42 Å². The van der Waals surface area contributed by atoms with Crippen LogP contribution in [0.5, 0.6) is 0 Å². The zero-order valence-electron chi connectivity index (χ0n) is 17.4. The first-order chi connectivity index (χ1) is 15.6. The van der Waals surface area contributed by atoms with Crippen LogP contribution in [0.3, 0.4) is 0 Å². The Labute approximate surface area is 192 Å². The smallest absolute Gasteiger partial charge is 0.281 e. The number of furan rings is 1. The Morgan fingerprint density at radius 1 is 1.12 bits per heavy atom. The van der Waals surface area contributed by atoms with E-state index in [0.29, 0.717) is 33.9 Å². The molecule has 4 rings (SSSR count). The van der Waals surface area contributed by atoms with Gasteiger partial charge in [0.15, 0.2) is 16.7 Å². The quantitative estimate of drug-likeness (QED) is 0.315. The number of thiazole rings is 1. The normalized spacial score (nSPS) is 10.8. The minimum atomic E-state index is -0.405. The first-order valence-corrected chi connectivity index (χ1v) is 11.6. The molecular weight excluding hydrogens is 448 g/mol.